The van der Waals surface area contributed by atoms with Crippen LogP contribution in [0.25, 0.3) is 0 Å². The van der Waals surface area contributed by atoms with Crippen molar-refractivity contribution in [1.29, 1.82) is 0 Å². The van der Waals surface area contributed by atoms with Crippen LogP contribution in [0.3, 0.4) is 0 Å². The van der Waals surface area contributed by atoms with Gasteiger partial charge >= 0.3 is 0 Å². The van der Waals surface area contributed by atoms with Crippen LogP contribution in [-0.4, -0.2) is 31.1 Å². The van der Waals surface area contributed by atoms with E-state index in [0.717, 1.165) is 19.5 Å². The molecule has 1 aromatic rings. The van der Waals surface area contributed by atoms with Gasteiger partial charge in [-0.25, -0.2) is 0 Å². The number of hydrogen-bond acceptors (Lipinski definition) is 2. The fourth-order valence-electron chi connectivity index (χ4n) is 2.64. The number of nitrogens with zero attached hydrogens (tertiary/aromatic N) is 1. The van der Waals surface area contributed by atoms with Crippen LogP contribution in [0.15, 0.2) is 28.7 Å². The Balaban J connectivity index is 2.64. The lowest BCUT2D eigenvalue weighted by atomic mass is 10.0. The zero-order chi connectivity index (χ0) is 15.7. The number of rotatable bonds is 10. The van der Waals surface area contributed by atoms with E-state index in [2.05, 4.69) is 78.2 Å². The molecule has 2 atom stereocenters. The minimum atomic E-state index is 0.428. The van der Waals surface area contributed by atoms with E-state index >= 15 is 0 Å². The Morgan fingerprint density at radius 2 is 1.86 bits per heavy atom. The molecule has 0 aliphatic heterocycles. The van der Waals surface area contributed by atoms with Crippen molar-refractivity contribution in [3.05, 3.63) is 34.3 Å². The minimum Gasteiger partial charge on any atom is -0.310 e. The van der Waals surface area contributed by atoms with Crippen LogP contribution in [0.5, 0.6) is 0 Å². The lowest BCUT2D eigenvalue weighted by Gasteiger charge is -2.27. The fraction of sp³-hybridized carbons (Fsp3) is 0.667. The fourth-order valence-corrected chi connectivity index (χ4v) is 3.20. The van der Waals surface area contributed by atoms with E-state index in [-0.39, 0.29) is 0 Å². The van der Waals surface area contributed by atoms with Crippen molar-refractivity contribution in [3.63, 3.8) is 0 Å². The molecule has 0 aliphatic carbocycles. The third kappa shape index (κ3) is 6.50. The molecular weight excluding hydrogens is 324 g/mol. The molecule has 0 aromatic heterocycles. The molecule has 0 radical (unpaired) electrons. The molecule has 1 aromatic carbocycles. The molecule has 0 aliphatic rings. The Kier molecular flexibility index (Phi) is 9.21. The summed E-state index contributed by atoms with van der Waals surface area (Å²) in [5.74, 6) is 0. The van der Waals surface area contributed by atoms with Crippen molar-refractivity contribution in [3.8, 4) is 0 Å². The molecule has 1 N–H and O–H groups in total. The molecule has 0 amide bonds. The van der Waals surface area contributed by atoms with Crippen LogP contribution >= 0.6 is 15.9 Å². The summed E-state index contributed by atoms with van der Waals surface area (Å²) in [4.78, 5) is 2.49. The largest absolute Gasteiger partial charge is 0.310 e. The topological polar surface area (TPSA) is 15.3 Å². The normalized spacial score (nSPS) is 14.4. The molecule has 0 heterocycles. The summed E-state index contributed by atoms with van der Waals surface area (Å²) >= 11 is 3.70. The predicted molar refractivity (Wildman–Crippen MR) is 96.8 cm³/mol. The van der Waals surface area contributed by atoms with E-state index in [4.69, 9.17) is 0 Å². The molecule has 1 rings (SSSR count). The Labute approximate surface area is 139 Å². The summed E-state index contributed by atoms with van der Waals surface area (Å²) in [5, 5.41) is 3.70. The number of hydrogen-bond donors (Lipinski definition) is 1. The maximum absolute atomic E-state index is 3.70. The van der Waals surface area contributed by atoms with E-state index in [1.165, 1.54) is 29.3 Å². The molecule has 21 heavy (non-hydrogen) atoms. The molecule has 120 valence electrons. The van der Waals surface area contributed by atoms with Crippen LogP contribution in [0.4, 0.5) is 0 Å². The average Bonchev–Trinajstić information content (AvgIpc) is 2.48. The van der Waals surface area contributed by atoms with Crippen LogP contribution in [-0.2, 0) is 0 Å². The van der Waals surface area contributed by atoms with Gasteiger partial charge in [0.25, 0.3) is 0 Å². The summed E-state index contributed by atoms with van der Waals surface area (Å²) in [6.45, 7) is 9.01. The van der Waals surface area contributed by atoms with Gasteiger partial charge in [-0.05, 0) is 58.0 Å². The van der Waals surface area contributed by atoms with E-state index in [1.54, 1.807) is 0 Å². The lowest BCUT2D eigenvalue weighted by Crippen LogP contribution is -2.33. The molecule has 2 nitrogen and oxygen atoms in total. The first-order valence-corrected chi connectivity index (χ1v) is 9.07. The van der Waals surface area contributed by atoms with Crippen molar-refractivity contribution >= 4 is 15.9 Å². The third-order valence-corrected chi connectivity index (χ3v) is 4.87. The third-order valence-electron chi connectivity index (χ3n) is 4.15. The highest BCUT2D eigenvalue weighted by Crippen LogP contribution is 2.26. The van der Waals surface area contributed by atoms with Gasteiger partial charge in [-0.2, -0.15) is 0 Å². The second kappa shape index (κ2) is 10.4. The van der Waals surface area contributed by atoms with Crippen molar-refractivity contribution < 1.29 is 0 Å². The highest BCUT2D eigenvalue weighted by atomic mass is 79.9. The molecule has 3 heteroatoms. The summed E-state index contributed by atoms with van der Waals surface area (Å²) in [5.41, 5.74) is 1.38. The maximum atomic E-state index is 3.70. The second-order valence-corrected chi connectivity index (χ2v) is 6.79. The average molecular weight is 355 g/mol. The monoisotopic (exact) mass is 354 g/mol. The Morgan fingerprint density at radius 1 is 1.14 bits per heavy atom. The standard InChI is InChI=1S/C18H31BrN2/c1-5-9-15(3)21(4)14-12-18(20-13-6-2)16-10-7-8-11-17(16)19/h7-8,10-11,15,18,20H,5-6,9,12-14H2,1-4H3. The molecule has 0 saturated carbocycles. The first-order valence-electron chi connectivity index (χ1n) is 8.28. The number of nitrogens with one attached hydrogen (secondary N) is 1. The minimum absolute atomic E-state index is 0.428. The van der Waals surface area contributed by atoms with E-state index in [1.807, 2.05) is 0 Å². The molecule has 0 saturated heterocycles. The van der Waals surface area contributed by atoms with Gasteiger partial charge in [-0.15, -0.1) is 0 Å². The second-order valence-electron chi connectivity index (χ2n) is 5.94. The molecule has 0 spiro atoms. The van der Waals surface area contributed by atoms with Gasteiger partial charge < -0.3 is 10.2 Å². The highest BCUT2D eigenvalue weighted by molar-refractivity contribution is 9.10. The quantitative estimate of drug-likeness (QED) is 0.635. The van der Waals surface area contributed by atoms with Crippen molar-refractivity contribution in [2.45, 2.75) is 58.5 Å². The van der Waals surface area contributed by atoms with Crippen LogP contribution < -0.4 is 5.32 Å². The predicted octanol–water partition coefficient (Wildman–Crippen LogP) is 5.00. The van der Waals surface area contributed by atoms with Crippen LogP contribution in [0.1, 0.15) is 58.1 Å². The van der Waals surface area contributed by atoms with Crippen molar-refractivity contribution in [1.82, 2.24) is 10.2 Å². The van der Waals surface area contributed by atoms with Gasteiger partial charge in [0.05, 0.1) is 0 Å². The van der Waals surface area contributed by atoms with E-state index < -0.39 is 0 Å². The number of halogens is 1. The lowest BCUT2D eigenvalue weighted by molar-refractivity contribution is 0.231. The molecular formula is C18H31BrN2. The Bertz CT molecular complexity index is 395. The van der Waals surface area contributed by atoms with Gasteiger partial charge in [-0.3, -0.25) is 0 Å². The van der Waals surface area contributed by atoms with Crippen molar-refractivity contribution in [2.24, 2.45) is 0 Å². The van der Waals surface area contributed by atoms with Gasteiger partial charge in [0, 0.05) is 16.6 Å². The van der Waals surface area contributed by atoms with Crippen LogP contribution in [0.2, 0.25) is 0 Å². The molecule has 2 unspecified atom stereocenters. The maximum Gasteiger partial charge on any atom is 0.0343 e. The molecule has 0 bridgehead atoms. The zero-order valence-electron chi connectivity index (χ0n) is 14.0. The Hall–Kier alpha value is -0.380. The van der Waals surface area contributed by atoms with Gasteiger partial charge in [-0.1, -0.05) is 54.4 Å². The first-order chi connectivity index (χ1) is 10.1. The number of benzene rings is 1. The first kappa shape index (κ1) is 18.7. The van der Waals surface area contributed by atoms with Gasteiger partial charge in [0.2, 0.25) is 0 Å². The SMILES string of the molecule is CCCNC(CCN(C)C(C)CCC)c1ccccc1Br. The smallest absolute Gasteiger partial charge is 0.0343 e. The van der Waals surface area contributed by atoms with Crippen LogP contribution in [0, 0.1) is 0 Å². The summed E-state index contributed by atoms with van der Waals surface area (Å²) in [7, 11) is 2.25. The summed E-state index contributed by atoms with van der Waals surface area (Å²) in [6.07, 6.45) is 4.85. The highest BCUT2D eigenvalue weighted by Gasteiger charge is 2.16. The van der Waals surface area contributed by atoms with Gasteiger partial charge in [0.15, 0.2) is 0 Å². The van der Waals surface area contributed by atoms with E-state index in [9.17, 15) is 0 Å². The molecule has 0 fully saturated rings. The van der Waals surface area contributed by atoms with Gasteiger partial charge in [0.1, 0.15) is 0 Å². The summed E-state index contributed by atoms with van der Waals surface area (Å²) < 4.78 is 1.21. The summed E-state index contributed by atoms with van der Waals surface area (Å²) in [6, 6.07) is 9.67. The Morgan fingerprint density at radius 3 is 2.48 bits per heavy atom. The van der Waals surface area contributed by atoms with E-state index in [0.29, 0.717) is 12.1 Å². The van der Waals surface area contributed by atoms with Crippen molar-refractivity contribution in [2.75, 3.05) is 20.1 Å². The zero-order valence-corrected chi connectivity index (χ0v) is 15.6.